The van der Waals surface area contributed by atoms with E-state index in [0.29, 0.717) is 0 Å². The van der Waals surface area contributed by atoms with E-state index < -0.39 is 21.2 Å². The van der Waals surface area contributed by atoms with Crippen LogP contribution in [0.4, 0.5) is 5.69 Å². The number of hydrogen-bond acceptors (Lipinski definition) is 3. The molecule has 0 aromatic heterocycles. The lowest BCUT2D eigenvalue weighted by molar-refractivity contribution is -0.605. The van der Waals surface area contributed by atoms with Crippen LogP contribution in [0.2, 0.25) is 0 Å². The first kappa shape index (κ1) is 12.8. The van der Waals surface area contributed by atoms with E-state index in [9.17, 15) is 10.1 Å². The van der Waals surface area contributed by atoms with Gasteiger partial charge in [-0.25, -0.2) is 0 Å². The third-order valence-electron chi connectivity index (χ3n) is 2.31. The fraction of sp³-hybridized carbons (Fsp3) is 0.0769. The second kappa shape index (κ2) is 5.81. The van der Waals surface area contributed by atoms with E-state index in [1.807, 2.05) is 36.4 Å². The Kier molecular flexibility index (Phi) is 4.14. The van der Waals surface area contributed by atoms with Crippen LogP contribution in [-0.2, 0) is 0 Å². The number of benzene rings is 2. The molecule has 0 saturated carbocycles. The van der Waals surface area contributed by atoms with Gasteiger partial charge in [-0.05, 0) is 30.3 Å². The molecule has 4 nitrogen and oxygen atoms in total. The first-order valence-electron chi connectivity index (χ1n) is 5.23. The molecule has 0 unspecified atom stereocenters. The van der Waals surface area contributed by atoms with Crippen LogP contribution in [0.5, 0.6) is 5.75 Å². The molecule has 0 aliphatic heterocycles. The zero-order valence-electron chi connectivity index (χ0n) is 9.67. The molecule has 0 heterocycles. The fourth-order valence-corrected chi connectivity index (χ4v) is 3.86. The predicted molar refractivity (Wildman–Crippen MR) is 63.5 cm³/mol. The Labute approximate surface area is 115 Å². The van der Waals surface area contributed by atoms with Crippen molar-refractivity contribution in [2.24, 2.45) is 0 Å². The van der Waals surface area contributed by atoms with Crippen LogP contribution in [0.25, 0.3) is 0 Å². The lowest BCUT2D eigenvalue weighted by Gasteiger charge is -1.96. The minimum absolute atomic E-state index is 0.209. The van der Waals surface area contributed by atoms with Crippen molar-refractivity contribution in [3.8, 4) is 5.75 Å². The molecule has 92 valence electrons. The molecular weight excluding hydrogens is 345 g/mol. The smallest absolute Gasteiger partial charge is 0.365 e. The molecule has 0 N–H and O–H groups in total. The standard InChI is InChI=1S/C13H11INO3/c1-18-11-8-6-10(7-9-11)14-12-4-2-3-5-13(12)15(16)17/h2-9H,1H3/q+1. The largest absolute Gasteiger partial charge is 0.497 e. The van der Waals surface area contributed by atoms with Crippen molar-refractivity contribution >= 4 is 5.69 Å². The Bertz CT molecular complexity index is 554. The number of methoxy groups -OCH3 is 1. The molecule has 0 spiro atoms. The fourth-order valence-electron chi connectivity index (χ4n) is 1.43. The number of halogens is 1. The highest BCUT2D eigenvalue weighted by Crippen LogP contribution is 2.09. The molecular formula is C13H11INO3+. The zero-order valence-corrected chi connectivity index (χ0v) is 11.8. The van der Waals surface area contributed by atoms with Gasteiger partial charge in [0.2, 0.25) is 0 Å². The van der Waals surface area contributed by atoms with E-state index in [2.05, 4.69) is 0 Å². The average Bonchev–Trinajstić information content (AvgIpc) is 2.40. The van der Waals surface area contributed by atoms with Crippen molar-refractivity contribution in [2.75, 3.05) is 7.11 Å². The summed E-state index contributed by atoms with van der Waals surface area (Å²) in [5.74, 6) is 0.797. The van der Waals surface area contributed by atoms with Gasteiger partial charge in [-0.1, -0.05) is 12.1 Å². The number of nitro benzene ring substituents is 1. The molecule has 2 aromatic rings. The van der Waals surface area contributed by atoms with Crippen LogP contribution < -0.4 is 25.9 Å². The van der Waals surface area contributed by atoms with Gasteiger partial charge in [0.25, 0.3) is 3.57 Å². The van der Waals surface area contributed by atoms with Crippen LogP contribution in [0, 0.1) is 17.3 Å². The maximum Gasteiger partial charge on any atom is 0.365 e. The Balaban J connectivity index is 2.25. The predicted octanol–water partition coefficient (Wildman–Crippen LogP) is -0.268. The summed E-state index contributed by atoms with van der Waals surface area (Å²) in [4.78, 5) is 10.6. The van der Waals surface area contributed by atoms with Gasteiger partial charge >= 0.3 is 26.9 Å². The molecule has 0 aliphatic carbocycles. The maximum absolute atomic E-state index is 10.9. The van der Waals surface area contributed by atoms with Gasteiger partial charge in [-0.2, -0.15) is 0 Å². The summed E-state index contributed by atoms with van der Waals surface area (Å²) in [6.07, 6.45) is 0. The summed E-state index contributed by atoms with van der Waals surface area (Å²) in [7, 11) is 1.62. The van der Waals surface area contributed by atoms with Crippen LogP contribution in [-0.4, -0.2) is 12.0 Å². The Morgan fingerprint density at radius 2 is 1.78 bits per heavy atom. The summed E-state index contributed by atoms with van der Waals surface area (Å²) < 4.78 is 7.04. The molecule has 0 fully saturated rings. The van der Waals surface area contributed by atoms with Crippen LogP contribution in [0.15, 0.2) is 48.5 Å². The molecule has 18 heavy (non-hydrogen) atoms. The Morgan fingerprint density at radius 3 is 2.39 bits per heavy atom. The van der Waals surface area contributed by atoms with E-state index in [0.717, 1.165) is 12.9 Å². The van der Waals surface area contributed by atoms with Gasteiger partial charge in [0.15, 0.2) is 3.57 Å². The molecule has 0 amide bonds. The van der Waals surface area contributed by atoms with Gasteiger partial charge in [0.1, 0.15) is 5.75 Å². The summed E-state index contributed by atoms with van der Waals surface area (Å²) in [6.45, 7) is 0. The van der Waals surface area contributed by atoms with Crippen LogP contribution in [0.1, 0.15) is 0 Å². The van der Waals surface area contributed by atoms with Crippen molar-refractivity contribution in [2.45, 2.75) is 0 Å². The van der Waals surface area contributed by atoms with E-state index in [4.69, 9.17) is 4.74 Å². The number of ether oxygens (including phenoxy) is 1. The number of hydrogen-bond donors (Lipinski definition) is 0. The van der Waals surface area contributed by atoms with Crippen molar-refractivity contribution in [3.63, 3.8) is 0 Å². The minimum atomic E-state index is -0.542. The van der Waals surface area contributed by atoms with E-state index in [1.54, 1.807) is 19.2 Å². The molecule has 0 bridgehead atoms. The summed E-state index contributed by atoms with van der Waals surface area (Å²) in [6, 6.07) is 14.6. The lowest BCUT2D eigenvalue weighted by Crippen LogP contribution is -3.61. The number of nitrogens with zero attached hydrogens (tertiary/aromatic N) is 1. The van der Waals surface area contributed by atoms with E-state index in [1.165, 1.54) is 0 Å². The highest BCUT2D eigenvalue weighted by Gasteiger charge is 2.26. The quantitative estimate of drug-likeness (QED) is 0.431. The molecule has 5 heteroatoms. The topological polar surface area (TPSA) is 52.4 Å². The number of nitro groups is 1. The summed E-state index contributed by atoms with van der Waals surface area (Å²) in [5, 5.41) is 10.9. The SMILES string of the molecule is COc1ccc([I+]c2ccccc2[N+](=O)[O-])cc1. The van der Waals surface area contributed by atoms with Crippen molar-refractivity contribution in [3.05, 3.63) is 65.8 Å². The second-order valence-corrected chi connectivity index (χ2v) is 6.41. The first-order valence-corrected chi connectivity index (χ1v) is 7.39. The van der Waals surface area contributed by atoms with E-state index >= 15 is 0 Å². The highest BCUT2D eigenvalue weighted by molar-refractivity contribution is 5.28. The molecule has 2 rings (SSSR count). The summed E-state index contributed by atoms with van der Waals surface area (Å²) in [5.41, 5.74) is 0.209. The summed E-state index contributed by atoms with van der Waals surface area (Å²) >= 11 is -0.542. The van der Waals surface area contributed by atoms with Crippen LogP contribution >= 0.6 is 0 Å². The average molecular weight is 356 g/mol. The molecule has 0 saturated heterocycles. The van der Waals surface area contributed by atoms with Gasteiger partial charge in [0.05, 0.1) is 12.0 Å². The third kappa shape index (κ3) is 2.98. The highest BCUT2D eigenvalue weighted by atomic mass is 127. The lowest BCUT2D eigenvalue weighted by atomic mass is 10.3. The zero-order chi connectivity index (χ0) is 13.0. The van der Waals surface area contributed by atoms with Gasteiger partial charge in [-0.15, -0.1) is 0 Å². The van der Waals surface area contributed by atoms with Gasteiger partial charge in [-0.3, -0.25) is 10.1 Å². The van der Waals surface area contributed by atoms with Crippen molar-refractivity contribution in [1.82, 2.24) is 0 Å². The number of rotatable bonds is 4. The second-order valence-electron chi connectivity index (χ2n) is 3.46. The van der Waals surface area contributed by atoms with Crippen LogP contribution in [0.3, 0.4) is 0 Å². The normalized spacial score (nSPS) is 10.1. The first-order chi connectivity index (χ1) is 8.70. The molecule has 0 atom stereocenters. The van der Waals surface area contributed by atoms with Gasteiger partial charge < -0.3 is 4.74 Å². The molecule has 0 radical (unpaired) electrons. The van der Waals surface area contributed by atoms with E-state index in [-0.39, 0.29) is 10.6 Å². The van der Waals surface area contributed by atoms with Crippen molar-refractivity contribution in [1.29, 1.82) is 0 Å². The Morgan fingerprint density at radius 1 is 1.11 bits per heavy atom. The Hall–Kier alpha value is -1.63. The molecule has 2 aromatic carbocycles. The monoisotopic (exact) mass is 356 g/mol. The van der Waals surface area contributed by atoms with Gasteiger partial charge in [0, 0.05) is 6.07 Å². The third-order valence-corrected chi connectivity index (χ3v) is 5.14. The maximum atomic E-state index is 10.9. The number of para-hydroxylation sites is 1. The minimum Gasteiger partial charge on any atom is -0.497 e. The van der Waals surface area contributed by atoms with Crippen molar-refractivity contribution < 1.29 is 30.9 Å². The molecule has 0 aliphatic rings.